The number of aliphatic hydroxyl groups excluding tert-OH is 1. The molecule has 3 N–H and O–H groups in total. The molecule has 0 radical (unpaired) electrons. The second-order valence-corrected chi connectivity index (χ2v) is 6.10. The largest absolute Gasteiger partial charge is 0.395 e. The number of nitrogens with zero attached hydrogens (tertiary/aromatic N) is 1. The molecule has 1 rings (SSSR count). The Morgan fingerprint density at radius 3 is 2.50 bits per heavy atom. The second-order valence-electron chi connectivity index (χ2n) is 6.10. The van der Waals surface area contributed by atoms with Gasteiger partial charge < -0.3 is 10.8 Å². The standard InChI is InChI=1S/C13H28N2O/c1-13(2,3)11-5-4-7-15(8-6-11)12(9-14)10-16/h11-12,16H,4-10,14H2,1-3H3. The summed E-state index contributed by atoms with van der Waals surface area (Å²) in [4.78, 5) is 2.37. The number of hydrogen-bond donors (Lipinski definition) is 2. The van der Waals surface area contributed by atoms with Crippen molar-refractivity contribution in [2.75, 3.05) is 26.2 Å². The third kappa shape index (κ3) is 3.72. The summed E-state index contributed by atoms with van der Waals surface area (Å²) in [5.74, 6) is 0.801. The first-order valence-electron chi connectivity index (χ1n) is 6.54. The van der Waals surface area contributed by atoms with Crippen LogP contribution in [-0.4, -0.2) is 42.3 Å². The van der Waals surface area contributed by atoms with Crippen LogP contribution in [0.3, 0.4) is 0 Å². The van der Waals surface area contributed by atoms with Crippen molar-refractivity contribution in [3.63, 3.8) is 0 Å². The topological polar surface area (TPSA) is 49.5 Å². The molecule has 0 bridgehead atoms. The molecule has 3 nitrogen and oxygen atoms in total. The molecule has 0 aromatic carbocycles. The van der Waals surface area contributed by atoms with Crippen LogP contribution in [0.25, 0.3) is 0 Å². The molecular weight excluding hydrogens is 200 g/mol. The summed E-state index contributed by atoms with van der Waals surface area (Å²) in [6.45, 7) is 9.94. The quantitative estimate of drug-likeness (QED) is 0.769. The fourth-order valence-electron chi connectivity index (χ4n) is 2.69. The van der Waals surface area contributed by atoms with Crippen molar-refractivity contribution in [3.8, 4) is 0 Å². The van der Waals surface area contributed by atoms with Gasteiger partial charge in [-0.3, -0.25) is 4.90 Å². The van der Waals surface area contributed by atoms with Gasteiger partial charge in [0, 0.05) is 12.6 Å². The summed E-state index contributed by atoms with van der Waals surface area (Å²) in [6.07, 6.45) is 3.78. The van der Waals surface area contributed by atoms with Gasteiger partial charge in [-0.05, 0) is 43.7 Å². The predicted octanol–water partition coefficient (Wildman–Crippen LogP) is 1.45. The Morgan fingerprint density at radius 2 is 2.00 bits per heavy atom. The normalized spacial score (nSPS) is 26.4. The van der Waals surface area contributed by atoms with E-state index in [0.29, 0.717) is 12.0 Å². The fourth-order valence-corrected chi connectivity index (χ4v) is 2.69. The van der Waals surface area contributed by atoms with Crippen molar-refractivity contribution < 1.29 is 5.11 Å². The summed E-state index contributed by atoms with van der Waals surface area (Å²) in [7, 11) is 0. The zero-order valence-electron chi connectivity index (χ0n) is 11.1. The van der Waals surface area contributed by atoms with Crippen molar-refractivity contribution in [1.82, 2.24) is 4.90 Å². The Bertz CT molecular complexity index is 197. The van der Waals surface area contributed by atoms with Crippen LogP contribution in [0.4, 0.5) is 0 Å². The summed E-state index contributed by atoms with van der Waals surface area (Å²) in [5.41, 5.74) is 6.09. The minimum absolute atomic E-state index is 0.165. The molecule has 0 spiro atoms. The maximum Gasteiger partial charge on any atom is 0.0599 e. The monoisotopic (exact) mass is 228 g/mol. The SMILES string of the molecule is CC(C)(C)C1CCCN(C(CN)CO)CC1. The minimum atomic E-state index is 0.165. The van der Waals surface area contributed by atoms with Gasteiger partial charge in [-0.15, -0.1) is 0 Å². The van der Waals surface area contributed by atoms with Gasteiger partial charge in [0.1, 0.15) is 0 Å². The van der Waals surface area contributed by atoms with Crippen molar-refractivity contribution in [2.45, 2.75) is 46.1 Å². The molecular formula is C13H28N2O. The summed E-state index contributed by atoms with van der Waals surface area (Å²) >= 11 is 0. The van der Waals surface area contributed by atoms with Crippen molar-refractivity contribution >= 4 is 0 Å². The van der Waals surface area contributed by atoms with Gasteiger partial charge in [-0.2, -0.15) is 0 Å². The highest BCUT2D eigenvalue weighted by Gasteiger charge is 2.28. The maximum atomic E-state index is 9.27. The molecule has 0 saturated carbocycles. The van der Waals surface area contributed by atoms with Crippen LogP contribution in [0.1, 0.15) is 40.0 Å². The minimum Gasteiger partial charge on any atom is -0.395 e. The van der Waals surface area contributed by atoms with E-state index >= 15 is 0 Å². The molecule has 3 heteroatoms. The average Bonchev–Trinajstić information content (AvgIpc) is 2.45. The molecule has 0 aliphatic carbocycles. The molecule has 2 atom stereocenters. The lowest BCUT2D eigenvalue weighted by molar-refractivity contribution is 0.126. The molecule has 1 fully saturated rings. The van der Waals surface area contributed by atoms with Gasteiger partial charge in [0.25, 0.3) is 0 Å². The van der Waals surface area contributed by atoms with E-state index in [-0.39, 0.29) is 12.6 Å². The van der Waals surface area contributed by atoms with E-state index in [1.165, 1.54) is 19.3 Å². The number of rotatable bonds is 3. The van der Waals surface area contributed by atoms with Crippen LogP contribution in [0.15, 0.2) is 0 Å². The molecule has 0 aromatic heterocycles. The molecule has 1 aliphatic heterocycles. The number of aliphatic hydroxyl groups is 1. The molecule has 96 valence electrons. The van der Waals surface area contributed by atoms with Gasteiger partial charge >= 0.3 is 0 Å². The maximum absolute atomic E-state index is 9.27. The lowest BCUT2D eigenvalue weighted by Gasteiger charge is -2.31. The van der Waals surface area contributed by atoms with Crippen LogP contribution in [0.2, 0.25) is 0 Å². The van der Waals surface area contributed by atoms with Crippen molar-refractivity contribution in [3.05, 3.63) is 0 Å². The number of nitrogens with two attached hydrogens (primary N) is 1. The lowest BCUT2D eigenvalue weighted by atomic mass is 9.77. The Morgan fingerprint density at radius 1 is 1.31 bits per heavy atom. The van der Waals surface area contributed by atoms with Crippen molar-refractivity contribution in [1.29, 1.82) is 0 Å². The number of hydrogen-bond acceptors (Lipinski definition) is 3. The molecule has 1 saturated heterocycles. The van der Waals surface area contributed by atoms with E-state index in [9.17, 15) is 5.11 Å². The predicted molar refractivity (Wildman–Crippen MR) is 68.3 cm³/mol. The van der Waals surface area contributed by atoms with E-state index < -0.39 is 0 Å². The number of likely N-dealkylation sites (tertiary alicyclic amines) is 1. The van der Waals surface area contributed by atoms with Gasteiger partial charge in [-0.25, -0.2) is 0 Å². The molecule has 2 unspecified atom stereocenters. The van der Waals surface area contributed by atoms with Gasteiger partial charge in [0.05, 0.1) is 6.61 Å². The zero-order chi connectivity index (χ0) is 12.2. The summed E-state index contributed by atoms with van der Waals surface area (Å²) < 4.78 is 0. The van der Waals surface area contributed by atoms with Crippen LogP contribution in [-0.2, 0) is 0 Å². The van der Waals surface area contributed by atoms with Gasteiger partial charge in [0.15, 0.2) is 0 Å². The highest BCUT2D eigenvalue weighted by molar-refractivity contribution is 4.81. The Labute approximate surface area is 100 Å². The lowest BCUT2D eigenvalue weighted by Crippen LogP contribution is -2.43. The van der Waals surface area contributed by atoms with Gasteiger partial charge in [0.2, 0.25) is 0 Å². The van der Waals surface area contributed by atoms with Gasteiger partial charge in [-0.1, -0.05) is 20.8 Å². The first-order chi connectivity index (χ1) is 7.49. The highest BCUT2D eigenvalue weighted by atomic mass is 16.3. The zero-order valence-corrected chi connectivity index (χ0v) is 11.1. The van der Waals surface area contributed by atoms with Crippen LogP contribution < -0.4 is 5.73 Å². The first kappa shape index (κ1) is 13.9. The van der Waals surface area contributed by atoms with E-state index in [4.69, 9.17) is 5.73 Å². The smallest absolute Gasteiger partial charge is 0.0599 e. The molecule has 1 aliphatic rings. The van der Waals surface area contributed by atoms with Crippen LogP contribution in [0.5, 0.6) is 0 Å². The molecule has 1 heterocycles. The Hall–Kier alpha value is -0.120. The molecule has 0 amide bonds. The average molecular weight is 228 g/mol. The Kier molecular flexibility index (Phi) is 5.22. The fraction of sp³-hybridized carbons (Fsp3) is 1.00. The van der Waals surface area contributed by atoms with E-state index in [0.717, 1.165) is 19.0 Å². The van der Waals surface area contributed by atoms with Crippen molar-refractivity contribution in [2.24, 2.45) is 17.1 Å². The first-order valence-corrected chi connectivity index (χ1v) is 6.54. The summed E-state index contributed by atoms with van der Waals surface area (Å²) in [6, 6.07) is 0.165. The second kappa shape index (κ2) is 5.99. The van der Waals surface area contributed by atoms with Crippen LogP contribution in [0, 0.1) is 11.3 Å². The third-order valence-corrected chi connectivity index (χ3v) is 3.99. The Balaban J connectivity index is 2.52. The third-order valence-electron chi connectivity index (χ3n) is 3.99. The summed E-state index contributed by atoms with van der Waals surface area (Å²) in [5, 5.41) is 9.27. The van der Waals surface area contributed by atoms with Crippen LogP contribution >= 0.6 is 0 Å². The van der Waals surface area contributed by atoms with E-state index in [1.54, 1.807) is 0 Å². The van der Waals surface area contributed by atoms with E-state index in [1.807, 2.05) is 0 Å². The molecule has 0 aromatic rings. The highest BCUT2D eigenvalue weighted by Crippen LogP contribution is 2.34. The van der Waals surface area contributed by atoms with E-state index in [2.05, 4.69) is 25.7 Å². The molecule has 16 heavy (non-hydrogen) atoms.